The smallest absolute Gasteiger partial charge is 0.456 e. The van der Waals surface area contributed by atoms with Crippen molar-refractivity contribution in [1.29, 1.82) is 0 Å². The van der Waals surface area contributed by atoms with Crippen molar-refractivity contribution in [1.82, 2.24) is 0 Å². The SMILES string of the molecule is CCC(C)(C)CC(C)(C(=O)OCOC(=O)CC(=O)OCC(F)(F)C(F)(F)F)C(C)C. The fourth-order valence-corrected chi connectivity index (χ4v) is 2.42. The monoisotopic (exact) mass is 448 g/mol. The van der Waals surface area contributed by atoms with Crippen molar-refractivity contribution in [3.8, 4) is 0 Å². The van der Waals surface area contributed by atoms with Crippen molar-refractivity contribution in [3.05, 3.63) is 0 Å². The fraction of sp³-hybridized carbons (Fsp3) is 0.842. The lowest BCUT2D eigenvalue weighted by molar-refractivity contribution is -0.294. The molecule has 0 rings (SSSR count). The van der Waals surface area contributed by atoms with Gasteiger partial charge in [-0.25, -0.2) is 0 Å². The van der Waals surface area contributed by atoms with E-state index in [1.54, 1.807) is 6.92 Å². The summed E-state index contributed by atoms with van der Waals surface area (Å²) in [5.41, 5.74) is -1.04. The van der Waals surface area contributed by atoms with E-state index in [-0.39, 0.29) is 11.3 Å². The lowest BCUT2D eigenvalue weighted by Crippen LogP contribution is -2.41. The van der Waals surface area contributed by atoms with Crippen LogP contribution in [0.15, 0.2) is 0 Å². The van der Waals surface area contributed by atoms with E-state index in [0.29, 0.717) is 6.42 Å². The first kappa shape index (κ1) is 28.1. The van der Waals surface area contributed by atoms with Crippen LogP contribution in [0.1, 0.15) is 60.8 Å². The molecule has 0 saturated carbocycles. The van der Waals surface area contributed by atoms with Crippen molar-refractivity contribution in [2.45, 2.75) is 72.9 Å². The summed E-state index contributed by atoms with van der Waals surface area (Å²) >= 11 is 0. The van der Waals surface area contributed by atoms with Crippen molar-refractivity contribution < 1.29 is 50.5 Å². The van der Waals surface area contributed by atoms with E-state index in [2.05, 4.69) is 9.47 Å². The van der Waals surface area contributed by atoms with Gasteiger partial charge < -0.3 is 14.2 Å². The van der Waals surface area contributed by atoms with E-state index in [9.17, 15) is 36.3 Å². The minimum atomic E-state index is -5.89. The highest BCUT2D eigenvalue weighted by atomic mass is 19.4. The molecule has 176 valence electrons. The number of hydrogen-bond acceptors (Lipinski definition) is 6. The van der Waals surface area contributed by atoms with Crippen LogP contribution in [0.2, 0.25) is 0 Å². The van der Waals surface area contributed by atoms with Crippen LogP contribution in [0.4, 0.5) is 22.0 Å². The van der Waals surface area contributed by atoms with Crippen LogP contribution in [0.3, 0.4) is 0 Å². The number of ether oxygens (including phenoxy) is 3. The Hall–Kier alpha value is -1.94. The molecule has 6 nitrogen and oxygen atoms in total. The highest BCUT2D eigenvalue weighted by Crippen LogP contribution is 2.42. The first-order chi connectivity index (χ1) is 13.4. The molecular formula is C19H29F5O6. The molecule has 0 aliphatic heterocycles. The topological polar surface area (TPSA) is 78.9 Å². The van der Waals surface area contributed by atoms with Crippen LogP contribution < -0.4 is 0 Å². The zero-order valence-electron chi connectivity index (χ0n) is 18.0. The summed E-state index contributed by atoms with van der Waals surface area (Å²) < 4.78 is 74.5. The molecule has 1 atom stereocenters. The first-order valence-corrected chi connectivity index (χ1v) is 9.31. The molecule has 0 spiro atoms. The lowest BCUT2D eigenvalue weighted by Gasteiger charge is -2.38. The molecule has 0 bridgehead atoms. The van der Waals surface area contributed by atoms with Gasteiger partial charge in [0.1, 0.15) is 6.42 Å². The maximum absolute atomic E-state index is 12.7. The average molecular weight is 448 g/mol. The van der Waals surface area contributed by atoms with Crippen molar-refractivity contribution in [2.75, 3.05) is 13.4 Å². The second kappa shape index (κ2) is 10.4. The van der Waals surface area contributed by atoms with E-state index in [0.717, 1.165) is 6.42 Å². The van der Waals surface area contributed by atoms with Crippen LogP contribution in [0.25, 0.3) is 0 Å². The minimum absolute atomic E-state index is 0.100. The number of halogens is 5. The second-order valence-electron chi connectivity index (χ2n) is 8.37. The van der Waals surface area contributed by atoms with Gasteiger partial charge in [0.25, 0.3) is 0 Å². The Kier molecular flexibility index (Phi) is 9.72. The van der Waals surface area contributed by atoms with Gasteiger partial charge >= 0.3 is 30.0 Å². The maximum Gasteiger partial charge on any atom is 0.456 e. The van der Waals surface area contributed by atoms with Gasteiger partial charge in [0, 0.05) is 0 Å². The zero-order chi connectivity index (χ0) is 24.0. The van der Waals surface area contributed by atoms with Gasteiger partial charge in [-0.15, -0.1) is 0 Å². The number of rotatable bonds is 11. The summed E-state index contributed by atoms with van der Waals surface area (Å²) in [7, 11) is 0. The molecule has 11 heteroatoms. The minimum Gasteiger partial charge on any atom is -0.458 e. The molecule has 0 N–H and O–H groups in total. The number of carbonyl (C=O) groups excluding carboxylic acids is 3. The molecule has 0 aliphatic carbocycles. The number of alkyl halides is 5. The molecular weight excluding hydrogens is 419 g/mol. The van der Waals surface area contributed by atoms with E-state index in [1.807, 2.05) is 34.6 Å². The maximum atomic E-state index is 12.7. The van der Waals surface area contributed by atoms with Gasteiger partial charge in [-0.05, 0) is 24.7 Å². The molecule has 0 aromatic rings. The van der Waals surface area contributed by atoms with Gasteiger partial charge in [-0.3, -0.25) is 14.4 Å². The standard InChI is InChI=1S/C19H29F5O6/c1-7-16(4,5)9-17(6,12(2)3)15(27)30-11-29-14(26)8-13(25)28-10-18(20,21)19(22,23)24/h12H,7-11H2,1-6H3. The molecule has 0 amide bonds. The number of carbonyl (C=O) groups is 3. The molecule has 0 aromatic carbocycles. The summed E-state index contributed by atoms with van der Waals surface area (Å²) in [5.74, 6) is -8.90. The molecule has 0 saturated heterocycles. The molecule has 0 heterocycles. The fourth-order valence-electron chi connectivity index (χ4n) is 2.42. The van der Waals surface area contributed by atoms with Gasteiger partial charge in [-0.1, -0.05) is 41.0 Å². The third-order valence-electron chi connectivity index (χ3n) is 5.07. The Balaban J connectivity index is 4.61. The summed E-state index contributed by atoms with van der Waals surface area (Å²) in [6.45, 7) is 8.28. The number of hydrogen-bond donors (Lipinski definition) is 0. The molecule has 30 heavy (non-hydrogen) atoms. The predicted octanol–water partition coefficient (Wildman–Crippen LogP) is 4.65. The third-order valence-corrected chi connectivity index (χ3v) is 5.07. The van der Waals surface area contributed by atoms with Crippen LogP contribution in [0.5, 0.6) is 0 Å². The third kappa shape index (κ3) is 8.43. The van der Waals surface area contributed by atoms with Crippen LogP contribution in [-0.2, 0) is 28.6 Å². The molecule has 1 unspecified atom stereocenters. The molecule has 0 aliphatic rings. The van der Waals surface area contributed by atoms with E-state index < -0.39 is 55.2 Å². The van der Waals surface area contributed by atoms with E-state index in [4.69, 9.17) is 4.74 Å². The average Bonchev–Trinajstić information content (AvgIpc) is 2.58. The van der Waals surface area contributed by atoms with Gasteiger partial charge in [0.15, 0.2) is 6.61 Å². The van der Waals surface area contributed by atoms with Gasteiger partial charge in [-0.2, -0.15) is 22.0 Å². The molecule has 0 fully saturated rings. The normalized spacial score (nSPS) is 14.8. The van der Waals surface area contributed by atoms with Crippen molar-refractivity contribution in [3.63, 3.8) is 0 Å². The van der Waals surface area contributed by atoms with Crippen LogP contribution >= 0.6 is 0 Å². The lowest BCUT2D eigenvalue weighted by atomic mass is 9.67. The summed E-state index contributed by atoms with van der Waals surface area (Å²) in [6.07, 6.45) is -5.79. The van der Waals surface area contributed by atoms with Crippen molar-refractivity contribution in [2.24, 2.45) is 16.7 Å². The Morgan fingerprint density at radius 1 is 0.867 bits per heavy atom. The van der Waals surface area contributed by atoms with E-state index >= 15 is 0 Å². The summed E-state index contributed by atoms with van der Waals surface area (Å²) in [5, 5.41) is 0. The van der Waals surface area contributed by atoms with Crippen LogP contribution in [-0.4, -0.2) is 43.4 Å². The van der Waals surface area contributed by atoms with Gasteiger partial charge in [0.2, 0.25) is 6.79 Å². The highest BCUT2D eigenvalue weighted by Gasteiger charge is 2.58. The summed E-state index contributed by atoms with van der Waals surface area (Å²) in [4.78, 5) is 35.2. The Morgan fingerprint density at radius 2 is 1.37 bits per heavy atom. The summed E-state index contributed by atoms with van der Waals surface area (Å²) in [6, 6.07) is 0. The second-order valence-corrected chi connectivity index (χ2v) is 8.37. The van der Waals surface area contributed by atoms with E-state index in [1.165, 1.54) is 0 Å². The largest absolute Gasteiger partial charge is 0.458 e. The number of esters is 3. The van der Waals surface area contributed by atoms with Crippen molar-refractivity contribution >= 4 is 17.9 Å². The zero-order valence-corrected chi connectivity index (χ0v) is 18.0. The Morgan fingerprint density at radius 3 is 1.80 bits per heavy atom. The quantitative estimate of drug-likeness (QED) is 0.198. The van der Waals surface area contributed by atoms with Gasteiger partial charge in [0.05, 0.1) is 5.41 Å². The molecule has 0 aromatic heterocycles. The highest BCUT2D eigenvalue weighted by molar-refractivity contribution is 5.91. The Bertz CT molecular complexity index is 615. The molecule has 0 radical (unpaired) electrons. The van der Waals surface area contributed by atoms with Crippen LogP contribution in [0, 0.1) is 16.7 Å². The first-order valence-electron chi connectivity index (χ1n) is 9.31. The Labute approximate surface area is 172 Å². The predicted molar refractivity (Wildman–Crippen MR) is 95.3 cm³/mol.